The maximum Gasteiger partial charge on any atom is 0.411 e. The number of amides is 1. The quantitative estimate of drug-likeness (QED) is 0.913. The third-order valence-electron chi connectivity index (χ3n) is 3.36. The van der Waals surface area contributed by atoms with Gasteiger partial charge in [0.2, 0.25) is 0 Å². The Kier molecular flexibility index (Phi) is 4.96. The van der Waals surface area contributed by atoms with Gasteiger partial charge in [-0.1, -0.05) is 0 Å². The van der Waals surface area contributed by atoms with E-state index in [2.05, 4.69) is 0 Å². The summed E-state index contributed by atoms with van der Waals surface area (Å²) in [4.78, 5) is 24.6. The van der Waals surface area contributed by atoms with E-state index < -0.39 is 41.4 Å². The average molecular weight is 343 g/mol. The second kappa shape index (κ2) is 6.62. The van der Waals surface area contributed by atoms with Crippen LogP contribution in [-0.2, 0) is 9.53 Å². The molecule has 0 saturated carbocycles. The van der Waals surface area contributed by atoms with E-state index in [0.29, 0.717) is 6.07 Å². The zero-order valence-electron chi connectivity index (χ0n) is 13.6. The molecule has 1 fully saturated rings. The van der Waals surface area contributed by atoms with Crippen LogP contribution < -0.4 is 4.74 Å². The van der Waals surface area contributed by atoms with Crippen LogP contribution in [0.2, 0.25) is 0 Å². The highest BCUT2D eigenvalue weighted by molar-refractivity contribution is 5.81. The predicted octanol–water partition coefficient (Wildman–Crippen LogP) is 2.81. The largest absolute Gasteiger partial charge is 0.485 e. The number of ether oxygens (including phenoxy) is 2. The lowest BCUT2D eigenvalue weighted by molar-refractivity contribution is -0.142. The number of halogens is 2. The minimum absolute atomic E-state index is 0.0224. The van der Waals surface area contributed by atoms with E-state index in [1.807, 2.05) is 0 Å². The van der Waals surface area contributed by atoms with Gasteiger partial charge < -0.3 is 14.6 Å². The Morgan fingerprint density at radius 3 is 2.50 bits per heavy atom. The molecule has 1 aliphatic rings. The molecular formula is C16H19F2NO5. The van der Waals surface area contributed by atoms with Crippen molar-refractivity contribution in [2.75, 3.05) is 6.54 Å². The summed E-state index contributed by atoms with van der Waals surface area (Å²) < 4.78 is 37.1. The molecule has 1 heterocycles. The third-order valence-corrected chi connectivity index (χ3v) is 3.36. The maximum atomic E-state index is 13.7. The number of carbonyl (C=O) groups excluding carboxylic acids is 1. The normalized spacial score (nSPS) is 20.8. The number of nitrogens with zero attached hydrogens (tertiary/aromatic N) is 1. The Labute approximate surface area is 138 Å². The fraction of sp³-hybridized carbons (Fsp3) is 0.500. The van der Waals surface area contributed by atoms with Gasteiger partial charge in [-0.15, -0.1) is 0 Å². The number of rotatable bonds is 3. The summed E-state index contributed by atoms with van der Waals surface area (Å²) in [6, 6.07) is 1.70. The van der Waals surface area contributed by atoms with Crippen LogP contribution in [0.3, 0.4) is 0 Å². The Morgan fingerprint density at radius 2 is 1.96 bits per heavy atom. The van der Waals surface area contributed by atoms with Crippen molar-refractivity contribution in [2.45, 2.75) is 44.9 Å². The molecule has 0 radical (unpaired) electrons. The summed E-state index contributed by atoms with van der Waals surface area (Å²) in [7, 11) is 0. The molecule has 0 aromatic heterocycles. The van der Waals surface area contributed by atoms with Crippen LogP contribution in [0.15, 0.2) is 18.2 Å². The fourth-order valence-corrected chi connectivity index (χ4v) is 2.39. The summed E-state index contributed by atoms with van der Waals surface area (Å²) in [6.45, 7) is 4.93. The molecule has 2 atom stereocenters. The van der Waals surface area contributed by atoms with Crippen molar-refractivity contribution in [3.63, 3.8) is 0 Å². The monoisotopic (exact) mass is 343 g/mol. The lowest BCUT2D eigenvalue weighted by atomic mass is 10.2. The van der Waals surface area contributed by atoms with Gasteiger partial charge in [0.15, 0.2) is 11.6 Å². The van der Waals surface area contributed by atoms with Gasteiger partial charge in [0.25, 0.3) is 0 Å². The maximum absolute atomic E-state index is 13.7. The van der Waals surface area contributed by atoms with E-state index in [9.17, 15) is 23.5 Å². The van der Waals surface area contributed by atoms with Gasteiger partial charge in [-0.05, 0) is 32.9 Å². The molecule has 8 heteroatoms. The SMILES string of the molecule is CC(C)(C)OC(=O)N1C[C@H](Oc2ccc(F)cc2F)C[C@H]1C(=O)O. The molecule has 0 spiro atoms. The van der Waals surface area contributed by atoms with Crippen molar-refractivity contribution in [3.8, 4) is 5.75 Å². The minimum Gasteiger partial charge on any atom is -0.485 e. The highest BCUT2D eigenvalue weighted by atomic mass is 19.1. The molecule has 6 nitrogen and oxygen atoms in total. The van der Waals surface area contributed by atoms with Crippen LogP contribution in [0, 0.1) is 11.6 Å². The molecule has 0 bridgehead atoms. The van der Waals surface area contributed by atoms with E-state index in [1.54, 1.807) is 20.8 Å². The first-order valence-corrected chi connectivity index (χ1v) is 7.41. The molecule has 24 heavy (non-hydrogen) atoms. The third kappa shape index (κ3) is 4.33. The highest BCUT2D eigenvalue weighted by Gasteiger charge is 2.42. The first kappa shape index (κ1) is 18.0. The zero-order chi connectivity index (χ0) is 18.1. The smallest absolute Gasteiger partial charge is 0.411 e. The topological polar surface area (TPSA) is 76.1 Å². The molecule has 2 rings (SSSR count). The van der Waals surface area contributed by atoms with Crippen LogP contribution in [0.4, 0.5) is 13.6 Å². The number of benzene rings is 1. The van der Waals surface area contributed by atoms with Gasteiger partial charge in [-0.3, -0.25) is 4.90 Å². The van der Waals surface area contributed by atoms with Gasteiger partial charge in [0.05, 0.1) is 6.54 Å². The van der Waals surface area contributed by atoms with E-state index in [1.165, 1.54) is 0 Å². The standard InChI is InChI=1S/C16H19F2NO5/c1-16(2,3)24-15(22)19-8-10(7-12(19)14(20)21)23-13-5-4-9(17)6-11(13)18/h4-6,10,12H,7-8H2,1-3H3,(H,20,21)/t10-,12+/m1/s1. The van der Waals surface area contributed by atoms with Crippen molar-refractivity contribution < 1.29 is 33.0 Å². The van der Waals surface area contributed by atoms with Crippen molar-refractivity contribution in [3.05, 3.63) is 29.8 Å². The molecule has 1 amide bonds. The summed E-state index contributed by atoms with van der Waals surface area (Å²) in [5.74, 6) is -3.04. The predicted molar refractivity (Wildman–Crippen MR) is 79.8 cm³/mol. The fourth-order valence-electron chi connectivity index (χ4n) is 2.39. The molecule has 1 N–H and O–H groups in total. The van der Waals surface area contributed by atoms with Gasteiger partial charge in [-0.25, -0.2) is 18.4 Å². The molecule has 132 valence electrons. The molecule has 1 aliphatic heterocycles. The summed E-state index contributed by atoms with van der Waals surface area (Å²) in [5.41, 5.74) is -0.776. The lowest BCUT2D eigenvalue weighted by Crippen LogP contribution is -2.43. The minimum atomic E-state index is -1.20. The molecule has 1 saturated heterocycles. The zero-order valence-corrected chi connectivity index (χ0v) is 13.6. The van der Waals surface area contributed by atoms with Crippen LogP contribution >= 0.6 is 0 Å². The van der Waals surface area contributed by atoms with Gasteiger partial charge in [-0.2, -0.15) is 0 Å². The number of aliphatic carboxylic acids is 1. The molecule has 0 unspecified atom stereocenters. The Bertz CT molecular complexity index is 644. The van der Waals surface area contributed by atoms with Crippen LogP contribution in [0.5, 0.6) is 5.75 Å². The van der Waals surface area contributed by atoms with Crippen molar-refractivity contribution in [1.29, 1.82) is 0 Å². The summed E-state index contributed by atoms with van der Waals surface area (Å²) in [6.07, 6.45) is -1.54. The Balaban J connectivity index is 2.11. The number of likely N-dealkylation sites (tertiary alicyclic amines) is 1. The molecular weight excluding hydrogens is 324 g/mol. The molecule has 0 aliphatic carbocycles. The second-order valence-corrected chi connectivity index (χ2v) is 6.54. The van der Waals surface area contributed by atoms with Crippen LogP contribution in [-0.4, -0.2) is 46.4 Å². The summed E-state index contributed by atoms with van der Waals surface area (Å²) in [5, 5.41) is 9.28. The van der Waals surface area contributed by atoms with Crippen LogP contribution in [0.25, 0.3) is 0 Å². The van der Waals surface area contributed by atoms with Crippen molar-refractivity contribution in [2.24, 2.45) is 0 Å². The number of carboxylic acid groups (broad SMARTS) is 1. The number of carboxylic acids is 1. The Morgan fingerprint density at radius 1 is 1.29 bits per heavy atom. The van der Waals surface area contributed by atoms with E-state index in [0.717, 1.165) is 17.0 Å². The van der Waals surface area contributed by atoms with Crippen molar-refractivity contribution in [1.82, 2.24) is 4.90 Å². The van der Waals surface area contributed by atoms with E-state index in [4.69, 9.17) is 9.47 Å². The van der Waals surface area contributed by atoms with Gasteiger partial charge in [0, 0.05) is 12.5 Å². The molecule has 1 aromatic carbocycles. The van der Waals surface area contributed by atoms with E-state index >= 15 is 0 Å². The van der Waals surface area contributed by atoms with Gasteiger partial charge >= 0.3 is 12.1 Å². The number of hydrogen-bond donors (Lipinski definition) is 1. The van der Waals surface area contributed by atoms with E-state index in [-0.39, 0.29) is 18.7 Å². The number of hydrogen-bond acceptors (Lipinski definition) is 4. The highest BCUT2D eigenvalue weighted by Crippen LogP contribution is 2.27. The first-order chi connectivity index (χ1) is 11.1. The summed E-state index contributed by atoms with van der Waals surface area (Å²) >= 11 is 0. The second-order valence-electron chi connectivity index (χ2n) is 6.54. The average Bonchev–Trinajstić information content (AvgIpc) is 2.84. The van der Waals surface area contributed by atoms with Crippen LogP contribution in [0.1, 0.15) is 27.2 Å². The number of carbonyl (C=O) groups is 2. The van der Waals surface area contributed by atoms with Crippen molar-refractivity contribution >= 4 is 12.1 Å². The Hall–Kier alpha value is -2.38. The van der Waals surface area contributed by atoms with Gasteiger partial charge in [0.1, 0.15) is 23.6 Å². The molecule has 1 aromatic rings. The lowest BCUT2D eigenvalue weighted by Gasteiger charge is -2.26. The first-order valence-electron chi connectivity index (χ1n) is 7.41.